The van der Waals surface area contributed by atoms with Crippen LogP contribution in [0, 0.1) is 11.3 Å². The second-order valence-corrected chi connectivity index (χ2v) is 6.28. The van der Waals surface area contributed by atoms with Crippen molar-refractivity contribution in [2.24, 2.45) is 11.3 Å². The van der Waals surface area contributed by atoms with E-state index in [1.165, 1.54) is 0 Å². The molecular weight excluding hydrogens is 230 g/mol. The monoisotopic (exact) mass is 257 g/mol. The third-order valence-electron chi connectivity index (χ3n) is 3.77. The van der Waals surface area contributed by atoms with Crippen molar-refractivity contribution in [3.8, 4) is 0 Å². The van der Waals surface area contributed by atoms with Gasteiger partial charge in [0, 0.05) is 24.5 Å². The summed E-state index contributed by atoms with van der Waals surface area (Å²) in [5.41, 5.74) is 0.151. The normalized spacial score (nSPS) is 26.1. The van der Waals surface area contributed by atoms with E-state index in [1.807, 2.05) is 0 Å². The number of carboxylic acid groups (broad SMARTS) is 1. The molecule has 106 valence electrons. The Hall–Kier alpha value is -0.610. The Balaban J connectivity index is 2.20. The van der Waals surface area contributed by atoms with Gasteiger partial charge in [0.15, 0.2) is 0 Å². The Kier molecular flexibility index (Phi) is 5.60. The molecule has 0 spiro atoms. The van der Waals surface area contributed by atoms with Crippen molar-refractivity contribution in [3.05, 3.63) is 0 Å². The lowest BCUT2D eigenvalue weighted by molar-refractivity contribution is -0.137. The minimum atomic E-state index is -0.720. The van der Waals surface area contributed by atoms with Crippen LogP contribution >= 0.6 is 0 Å². The first-order valence-electron chi connectivity index (χ1n) is 6.90. The third kappa shape index (κ3) is 4.25. The summed E-state index contributed by atoms with van der Waals surface area (Å²) in [6.07, 6.45) is 2.30. The average Bonchev–Trinajstić information content (AvgIpc) is 2.25. The van der Waals surface area contributed by atoms with E-state index in [4.69, 9.17) is 9.84 Å². The van der Waals surface area contributed by atoms with Gasteiger partial charge < -0.3 is 15.2 Å². The zero-order valence-electron chi connectivity index (χ0n) is 12.0. The van der Waals surface area contributed by atoms with Crippen LogP contribution in [-0.4, -0.2) is 36.4 Å². The molecule has 2 N–H and O–H groups in total. The molecule has 0 aromatic heterocycles. The standard InChI is InChI=1S/C14H27NO3/c1-10(2)9-18-12-8-11(14(12,3)4)15-7-5-6-13(16)17/h10-12,15H,5-9H2,1-4H3,(H,16,17). The number of carboxylic acids is 1. The summed E-state index contributed by atoms with van der Waals surface area (Å²) in [7, 11) is 0. The Morgan fingerprint density at radius 3 is 2.67 bits per heavy atom. The summed E-state index contributed by atoms with van der Waals surface area (Å²) >= 11 is 0. The van der Waals surface area contributed by atoms with Crippen LogP contribution in [0.25, 0.3) is 0 Å². The van der Waals surface area contributed by atoms with E-state index >= 15 is 0 Å². The molecule has 1 saturated carbocycles. The van der Waals surface area contributed by atoms with Crippen LogP contribution < -0.4 is 5.32 Å². The lowest BCUT2D eigenvalue weighted by Gasteiger charge is -2.52. The van der Waals surface area contributed by atoms with Crippen LogP contribution in [0.4, 0.5) is 0 Å². The van der Waals surface area contributed by atoms with Gasteiger partial charge >= 0.3 is 5.97 Å². The van der Waals surface area contributed by atoms with E-state index in [0.717, 1.165) is 19.6 Å². The summed E-state index contributed by atoms with van der Waals surface area (Å²) in [4.78, 5) is 10.4. The van der Waals surface area contributed by atoms with Gasteiger partial charge in [-0.1, -0.05) is 27.7 Å². The smallest absolute Gasteiger partial charge is 0.303 e. The minimum absolute atomic E-state index is 0.151. The number of aliphatic carboxylic acids is 1. The number of hydrogen-bond donors (Lipinski definition) is 2. The Morgan fingerprint density at radius 2 is 2.17 bits per heavy atom. The molecule has 1 fully saturated rings. The van der Waals surface area contributed by atoms with Gasteiger partial charge in [-0.3, -0.25) is 4.79 Å². The van der Waals surface area contributed by atoms with E-state index in [2.05, 4.69) is 33.0 Å². The van der Waals surface area contributed by atoms with Gasteiger partial charge in [0.05, 0.1) is 6.10 Å². The largest absolute Gasteiger partial charge is 0.481 e. The summed E-state index contributed by atoms with van der Waals surface area (Å²) in [5, 5.41) is 12.0. The van der Waals surface area contributed by atoms with Gasteiger partial charge in [-0.15, -0.1) is 0 Å². The highest BCUT2D eigenvalue weighted by Gasteiger charge is 2.48. The van der Waals surface area contributed by atoms with Crippen LogP contribution in [0.1, 0.15) is 47.0 Å². The Morgan fingerprint density at radius 1 is 1.50 bits per heavy atom. The lowest BCUT2D eigenvalue weighted by Crippen LogP contribution is -2.61. The predicted molar refractivity (Wildman–Crippen MR) is 71.6 cm³/mol. The number of ether oxygens (including phenoxy) is 1. The number of hydrogen-bond acceptors (Lipinski definition) is 3. The molecule has 0 heterocycles. The molecule has 18 heavy (non-hydrogen) atoms. The molecule has 1 aliphatic carbocycles. The lowest BCUT2D eigenvalue weighted by atomic mass is 9.64. The number of carbonyl (C=O) groups is 1. The molecule has 0 radical (unpaired) electrons. The fraction of sp³-hybridized carbons (Fsp3) is 0.929. The van der Waals surface area contributed by atoms with Crippen molar-refractivity contribution in [2.45, 2.75) is 59.1 Å². The first-order valence-corrected chi connectivity index (χ1v) is 6.90. The maximum Gasteiger partial charge on any atom is 0.303 e. The fourth-order valence-electron chi connectivity index (χ4n) is 2.34. The zero-order chi connectivity index (χ0) is 13.8. The first kappa shape index (κ1) is 15.4. The maximum atomic E-state index is 10.4. The molecule has 0 saturated heterocycles. The highest BCUT2D eigenvalue weighted by molar-refractivity contribution is 5.66. The van der Waals surface area contributed by atoms with Crippen molar-refractivity contribution in [1.82, 2.24) is 5.32 Å². The van der Waals surface area contributed by atoms with E-state index in [1.54, 1.807) is 0 Å². The van der Waals surface area contributed by atoms with Crippen LogP contribution in [0.5, 0.6) is 0 Å². The summed E-state index contributed by atoms with van der Waals surface area (Å²) in [5.74, 6) is -0.147. The zero-order valence-corrected chi connectivity index (χ0v) is 12.0. The molecule has 0 amide bonds. The van der Waals surface area contributed by atoms with Crippen LogP contribution in [0.15, 0.2) is 0 Å². The third-order valence-corrected chi connectivity index (χ3v) is 3.77. The fourth-order valence-corrected chi connectivity index (χ4v) is 2.34. The molecule has 2 unspecified atom stereocenters. The quantitative estimate of drug-likeness (QED) is 0.655. The summed E-state index contributed by atoms with van der Waals surface area (Å²) in [6, 6.07) is 0.448. The molecular formula is C14H27NO3. The molecule has 4 nitrogen and oxygen atoms in total. The van der Waals surface area contributed by atoms with Crippen LogP contribution in [-0.2, 0) is 9.53 Å². The molecule has 2 atom stereocenters. The molecule has 1 rings (SSSR count). The van der Waals surface area contributed by atoms with Crippen LogP contribution in [0.3, 0.4) is 0 Å². The Bertz CT molecular complexity index is 276. The topological polar surface area (TPSA) is 58.6 Å². The van der Waals surface area contributed by atoms with E-state index in [9.17, 15) is 4.79 Å². The van der Waals surface area contributed by atoms with Gasteiger partial charge in [0.1, 0.15) is 0 Å². The Labute approximate surface area is 110 Å². The van der Waals surface area contributed by atoms with Gasteiger partial charge in [-0.2, -0.15) is 0 Å². The highest BCUT2D eigenvalue weighted by Crippen LogP contribution is 2.42. The minimum Gasteiger partial charge on any atom is -0.481 e. The summed E-state index contributed by atoms with van der Waals surface area (Å²) in [6.45, 7) is 10.4. The van der Waals surface area contributed by atoms with Gasteiger partial charge in [-0.05, 0) is 25.3 Å². The highest BCUT2D eigenvalue weighted by atomic mass is 16.5. The van der Waals surface area contributed by atoms with Crippen molar-refractivity contribution in [2.75, 3.05) is 13.2 Å². The van der Waals surface area contributed by atoms with Crippen molar-refractivity contribution in [3.63, 3.8) is 0 Å². The van der Waals surface area contributed by atoms with Crippen molar-refractivity contribution >= 4 is 5.97 Å². The van der Waals surface area contributed by atoms with E-state index in [0.29, 0.717) is 24.5 Å². The second-order valence-electron chi connectivity index (χ2n) is 6.28. The first-order chi connectivity index (χ1) is 8.34. The van der Waals surface area contributed by atoms with E-state index < -0.39 is 5.97 Å². The van der Waals surface area contributed by atoms with Crippen molar-refractivity contribution in [1.29, 1.82) is 0 Å². The SMILES string of the molecule is CC(C)COC1CC(NCCCC(=O)O)C1(C)C. The molecule has 4 heteroatoms. The van der Waals surface area contributed by atoms with Gasteiger partial charge in [-0.25, -0.2) is 0 Å². The second kappa shape index (κ2) is 6.53. The molecule has 0 aromatic carbocycles. The van der Waals surface area contributed by atoms with Gasteiger partial charge in [0.25, 0.3) is 0 Å². The number of rotatable bonds is 8. The van der Waals surface area contributed by atoms with Crippen LogP contribution in [0.2, 0.25) is 0 Å². The average molecular weight is 257 g/mol. The molecule has 0 aliphatic heterocycles. The number of nitrogens with one attached hydrogen (secondary N) is 1. The predicted octanol–water partition coefficient (Wildman–Crippen LogP) is 2.28. The van der Waals surface area contributed by atoms with Crippen molar-refractivity contribution < 1.29 is 14.6 Å². The molecule has 1 aliphatic rings. The van der Waals surface area contributed by atoms with Gasteiger partial charge in [0.2, 0.25) is 0 Å². The molecule has 0 aromatic rings. The maximum absolute atomic E-state index is 10.4. The summed E-state index contributed by atoms with van der Waals surface area (Å²) < 4.78 is 5.90. The van der Waals surface area contributed by atoms with E-state index in [-0.39, 0.29) is 11.8 Å². The molecule has 0 bridgehead atoms.